The monoisotopic (exact) mass is 195 g/mol. The Labute approximate surface area is 80.3 Å². The maximum Gasteiger partial charge on any atom is 0.114 e. The van der Waals surface area contributed by atoms with Gasteiger partial charge < -0.3 is 4.52 Å². The van der Waals surface area contributed by atoms with Crippen molar-refractivity contribution in [1.82, 2.24) is 0 Å². The third-order valence-corrected chi connectivity index (χ3v) is 3.88. The van der Waals surface area contributed by atoms with E-state index in [0.29, 0.717) is 6.16 Å². The molecule has 0 saturated heterocycles. The molecule has 2 unspecified atom stereocenters. The summed E-state index contributed by atoms with van der Waals surface area (Å²) in [5.41, 5.74) is 0. The van der Waals surface area contributed by atoms with Crippen molar-refractivity contribution in [3.8, 4) is 18.2 Å². The molecule has 0 aromatic rings. The fraction of sp³-hybridized carbons (Fsp3) is 0.400. The third kappa shape index (κ3) is 4.00. The number of hydrogen-bond donors (Lipinski definition) is 0. The Hall–Kier alpha value is -0.950. The Morgan fingerprint density at radius 3 is 2.69 bits per heavy atom. The predicted octanol–water partition coefficient (Wildman–Crippen LogP) is 2.30. The first kappa shape index (κ1) is 12.0. The highest BCUT2D eigenvalue weighted by molar-refractivity contribution is 7.73. The zero-order valence-corrected chi connectivity index (χ0v) is 8.76. The number of hydrogen-bond acceptors (Lipinski definition) is 2. The second-order valence-electron chi connectivity index (χ2n) is 2.69. The summed E-state index contributed by atoms with van der Waals surface area (Å²) in [6, 6.07) is 0. The Morgan fingerprint density at radius 2 is 2.38 bits per heavy atom. The van der Waals surface area contributed by atoms with Crippen LogP contribution in [0.4, 0.5) is 0 Å². The average Bonchev–Trinajstić information content (AvgIpc) is 2.19. The van der Waals surface area contributed by atoms with Gasteiger partial charge in [0.25, 0.3) is 0 Å². The molecule has 0 N–H and O–H groups in total. The maximum absolute atomic E-state index is 8.78. The Balaban J connectivity index is 4.18. The van der Waals surface area contributed by atoms with Gasteiger partial charge in [0.15, 0.2) is 0 Å². The highest BCUT2D eigenvalue weighted by Crippen LogP contribution is 2.44. The molecule has 2 atom stereocenters. The second kappa shape index (κ2) is 5.65. The van der Waals surface area contributed by atoms with Crippen molar-refractivity contribution in [2.45, 2.75) is 6.42 Å². The fourth-order valence-electron chi connectivity index (χ4n) is 0.799. The van der Waals surface area contributed by atoms with E-state index in [9.17, 15) is 0 Å². The minimum atomic E-state index is -2.10. The molecule has 0 rings (SSSR count). The molecule has 0 aromatic heterocycles. The zero-order valence-electron chi connectivity index (χ0n) is 7.86. The van der Waals surface area contributed by atoms with Crippen molar-refractivity contribution < 1.29 is 4.52 Å². The highest BCUT2D eigenvalue weighted by Gasteiger charge is 2.13. The van der Waals surface area contributed by atoms with Gasteiger partial charge in [0.05, 0.1) is 7.11 Å². The topological polar surface area (TPSA) is 33.0 Å². The van der Waals surface area contributed by atoms with E-state index in [1.54, 1.807) is 6.08 Å². The van der Waals surface area contributed by atoms with E-state index in [4.69, 9.17) is 16.2 Å². The minimum Gasteiger partial charge on any atom is -0.351 e. The zero-order chi connectivity index (χ0) is 10.3. The number of rotatable bonds is 5. The van der Waals surface area contributed by atoms with Crippen LogP contribution in [0.15, 0.2) is 12.7 Å². The largest absolute Gasteiger partial charge is 0.351 e. The van der Waals surface area contributed by atoms with E-state index >= 15 is 0 Å². The van der Waals surface area contributed by atoms with Crippen LogP contribution in [-0.4, -0.2) is 19.6 Å². The first-order valence-corrected chi connectivity index (χ1v) is 5.97. The van der Waals surface area contributed by atoms with Crippen molar-refractivity contribution in [2.75, 3.05) is 13.3 Å². The quantitative estimate of drug-likeness (QED) is 0.383. The smallest absolute Gasteiger partial charge is 0.114 e. The number of nitriles is 1. The normalized spacial score (nSPS) is 16.2. The van der Waals surface area contributed by atoms with Gasteiger partial charge in [-0.05, 0) is 6.42 Å². The van der Waals surface area contributed by atoms with E-state index < -0.39 is 7.11 Å². The molecule has 0 bridgehead atoms. The molecule has 0 aliphatic rings. The van der Waals surface area contributed by atoms with E-state index in [-0.39, 0.29) is 5.92 Å². The van der Waals surface area contributed by atoms with Crippen LogP contribution in [0.5, 0.6) is 0 Å². The standard InChI is InChI=1S/C10H14NOP/c1-5-10(6-2)7-8-13(4,9-11)12-3/h1,6,10H,2,4,7-8H2,3H3. The van der Waals surface area contributed by atoms with Gasteiger partial charge in [-0.25, -0.2) is 0 Å². The summed E-state index contributed by atoms with van der Waals surface area (Å²) in [6.45, 7) is 3.61. The molecule has 0 radical (unpaired) electrons. The van der Waals surface area contributed by atoms with Gasteiger partial charge in [-0.3, -0.25) is 0 Å². The number of nitrogens with zero attached hydrogens (tertiary/aromatic N) is 1. The van der Waals surface area contributed by atoms with Gasteiger partial charge in [-0.1, -0.05) is 18.3 Å². The molecule has 0 saturated carbocycles. The van der Waals surface area contributed by atoms with Crippen molar-refractivity contribution in [3.05, 3.63) is 12.7 Å². The second-order valence-corrected chi connectivity index (χ2v) is 5.48. The van der Waals surface area contributed by atoms with Crippen molar-refractivity contribution in [3.63, 3.8) is 0 Å². The molecule has 0 heterocycles. The molecular formula is C10H14NOP. The summed E-state index contributed by atoms with van der Waals surface area (Å²) >= 11 is 0. The highest BCUT2D eigenvalue weighted by atomic mass is 31.2. The Bertz CT molecular complexity index is 295. The van der Waals surface area contributed by atoms with E-state index in [1.165, 1.54) is 7.11 Å². The summed E-state index contributed by atoms with van der Waals surface area (Å²) in [4.78, 5) is 0. The summed E-state index contributed by atoms with van der Waals surface area (Å²) in [5, 5.41) is 8.78. The summed E-state index contributed by atoms with van der Waals surface area (Å²) in [7, 11) is -0.583. The molecule has 0 aliphatic carbocycles. The van der Waals surface area contributed by atoms with Crippen molar-refractivity contribution >= 4 is 13.4 Å². The van der Waals surface area contributed by atoms with Crippen LogP contribution >= 0.6 is 7.11 Å². The molecule has 3 heteroatoms. The fourth-order valence-corrected chi connectivity index (χ4v) is 1.86. The molecule has 70 valence electrons. The molecule has 13 heavy (non-hydrogen) atoms. The molecular weight excluding hydrogens is 181 g/mol. The summed E-state index contributed by atoms with van der Waals surface area (Å²) < 4.78 is 5.06. The van der Waals surface area contributed by atoms with Gasteiger partial charge in [-0.15, -0.1) is 13.0 Å². The third-order valence-electron chi connectivity index (χ3n) is 1.83. The summed E-state index contributed by atoms with van der Waals surface area (Å²) in [5.74, 6) is 4.70. The minimum absolute atomic E-state index is 0.0182. The van der Waals surface area contributed by atoms with Gasteiger partial charge in [0.2, 0.25) is 0 Å². The first-order valence-electron chi connectivity index (χ1n) is 3.90. The van der Waals surface area contributed by atoms with Crippen LogP contribution in [0.2, 0.25) is 0 Å². The lowest BCUT2D eigenvalue weighted by Crippen LogP contribution is -1.98. The van der Waals surface area contributed by atoms with Crippen molar-refractivity contribution in [2.24, 2.45) is 5.92 Å². The van der Waals surface area contributed by atoms with Gasteiger partial charge in [0.1, 0.15) is 5.81 Å². The maximum atomic E-state index is 8.78. The average molecular weight is 195 g/mol. The van der Waals surface area contributed by atoms with Crippen LogP contribution in [0.25, 0.3) is 0 Å². The molecule has 0 aliphatic heterocycles. The Kier molecular flexibility index (Phi) is 5.24. The molecule has 0 fully saturated rings. The van der Waals surface area contributed by atoms with Gasteiger partial charge in [-0.2, -0.15) is 5.26 Å². The summed E-state index contributed by atoms with van der Waals surface area (Å²) in [6.07, 6.45) is 12.1. The van der Waals surface area contributed by atoms with Gasteiger partial charge >= 0.3 is 0 Å². The van der Waals surface area contributed by atoms with E-state index in [1.807, 2.05) is 0 Å². The number of terminal acetylenes is 1. The van der Waals surface area contributed by atoms with Crippen LogP contribution in [0.1, 0.15) is 6.42 Å². The molecule has 2 nitrogen and oxygen atoms in total. The molecule has 0 spiro atoms. The van der Waals surface area contributed by atoms with Crippen molar-refractivity contribution in [1.29, 1.82) is 5.26 Å². The van der Waals surface area contributed by atoms with E-state index in [2.05, 4.69) is 24.6 Å². The van der Waals surface area contributed by atoms with Gasteiger partial charge in [0, 0.05) is 19.2 Å². The lowest BCUT2D eigenvalue weighted by molar-refractivity contribution is 0.463. The van der Waals surface area contributed by atoms with E-state index in [0.717, 1.165) is 6.42 Å². The lowest BCUT2D eigenvalue weighted by atomic mass is 10.1. The molecule has 0 amide bonds. The molecule has 0 aromatic carbocycles. The SMILES string of the molecule is C#CC(C=C)CCP(=C)(C#N)OC. The van der Waals surface area contributed by atoms with Crippen LogP contribution in [-0.2, 0) is 4.52 Å². The van der Waals surface area contributed by atoms with Crippen LogP contribution in [0, 0.1) is 29.3 Å². The van der Waals surface area contributed by atoms with Crippen LogP contribution in [0.3, 0.4) is 0 Å². The first-order chi connectivity index (χ1) is 6.11. The Morgan fingerprint density at radius 1 is 1.77 bits per heavy atom. The number of allylic oxidation sites excluding steroid dienone is 1. The van der Waals surface area contributed by atoms with Crippen LogP contribution < -0.4 is 0 Å². The lowest BCUT2D eigenvalue weighted by Gasteiger charge is -2.14. The predicted molar refractivity (Wildman–Crippen MR) is 58.7 cm³/mol.